The molecule has 0 atom stereocenters. The first-order valence-electron chi connectivity index (χ1n) is 3.19. The van der Waals surface area contributed by atoms with Gasteiger partial charge in [-0.2, -0.15) is 0 Å². The lowest BCUT2D eigenvalue weighted by molar-refractivity contribution is -0.124. The third kappa shape index (κ3) is 4.13. The molecule has 0 fully saturated rings. The van der Waals surface area contributed by atoms with Crippen LogP contribution in [-0.4, -0.2) is 37.9 Å². The molecule has 0 bridgehead atoms. The highest BCUT2D eigenvalue weighted by atomic mass is 16.2. The fourth-order valence-corrected chi connectivity index (χ4v) is 0.379. The van der Waals surface area contributed by atoms with Gasteiger partial charge in [-0.25, -0.2) is 0 Å². The number of amides is 2. The third-order valence-electron chi connectivity index (χ3n) is 1.06. The number of nitrogens with one attached hydrogen (secondary N) is 1. The van der Waals surface area contributed by atoms with Crippen LogP contribution >= 0.6 is 0 Å². The van der Waals surface area contributed by atoms with E-state index in [1.54, 1.807) is 14.1 Å². The summed E-state index contributed by atoms with van der Waals surface area (Å²) in [6, 6.07) is 0. The van der Waals surface area contributed by atoms with Gasteiger partial charge in [-0.05, 0) is 0 Å². The Kier molecular flexibility index (Phi) is 3.95. The number of likely N-dealkylation sites (N-methyl/N-ethyl adjacent to an activating group) is 2. The van der Waals surface area contributed by atoms with Crippen molar-refractivity contribution in [1.29, 1.82) is 0 Å². The number of rotatable bonds is 2. The van der Waals surface area contributed by atoms with Crippen molar-refractivity contribution in [3.63, 3.8) is 0 Å². The lowest BCUT2D eigenvalue weighted by Gasteiger charge is -2.04. The van der Waals surface area contributed by atoms with E-state index in [1.165, 1.54) is 24.1 Å². The minimum Gasteiger partial charge on any atom is -0.356 e. The van der Waals surface area contributed by atoms with Crippen molar-refractivity contribution in [1.82, 2.24) is 10.2 Å². The molecule has 1 N–H and O–H groups in total. The van der Waals surface area contributed by atoms with E-state index in [0.29, 0.717) is 0 Å². The van der Waals surface area contributed by atoms with Gasteiger partial charge in [0.2, 0.25) is 11.8 Å². The monoisotopic (exact) mass is 156 g/mol. The zero-order valence-corrected chi connectivity index (χ0v) is 6.92. The lowest BCUT2D eigenvalue weighted by Crippen LogP contribution is -2.20. The van der Waals surface area contributed by atoms with E-state index in [1.807, 2.05) is 0 Å². The minimum atomic E-state index is -0.278. The third-order valence-corrected chi connectivity index (χ3v) is 1.06. The Morgan fingerprint density at radius 2 is 1.82 bits per heavy atom. The Hall–Kier alpha value is -1.32. The molecule has 0 radical (unpaired) electrons. The summed E-state index contributed by atoms with van der Waals surface area (Å²) in [6.45, 7) is 0. The van der Waals surface area contributed by atoms with E-state index in [0.717, 1.165) is 0 Å². The van der Waals surface area contributed by atoms with Crippen LogP contribution in [-0.2, 0) is 9.59 Å². The van der Waals surface area contributed by atoms with Gasteiger partial charge >= 0.3 is 0 Å². The fourth-order valence-electron chi connectivity index (χ4n) is 0.379. The van der Waals surface area contributed by atoms with Gasteiger partial charge < -0.3 is 10.2 Å². The number of hydrogen-bond acceptors (Lipinski definition) is 2. The molecule has 0 aliphatic rings. The normalized spacial score (nSPS) is 9.73. The molecule has 0 heterocycles. The molecule has 4 nitrogen and oxygen atoms in total. The van der Waals surface area contributed by atoms with Crippen LogP contribution in [0.4, 0.5) is 0 Å². The van der Waals surface area contributed by atoms with Crippen LogP contribution in [0.15, 0.2) is 12.2 Å². The predicted octanol–water partition coefficient (Wildman–Crippen LogP) is -0.623. The topological polar surface area (TPSA) is 49.4 Å². The van der Waals surface area contributed by atoms with Crippen molar-refractivity contribution in [2.45, 2.75) is 0 Å². The lowest BCUT2D eigenvalue weighted by atomic mass is 10.4. The maximum atomic E-state index is 10.8. The van der Waals surface area contributed by atoms with Crippen molar-refractivity contribution in [2.24, 2.45) is 0 Å². The van der Waals surface area contributed by atoms with Crippen molar-refractivity contribution in [3.8, 4) is 0 Å². The molecule has 62 valence electrons. The summed E-state index contributed by atoms with van der Waals surface area (Å²) in [6.07, 6.45) is 2.42. The summed E-state index contributed by atoms with van der Waals surface area (Å²) < 4.78 is 0. The Labute approximate surface area is 65.9 Å². The van der Waals surface area contributed by atoms with Gasteiger partial charge in [0.1, 0.15) is 0 Å². The summed E-state index contributed by atoms with van der Waals surface area (Å²) >= 11 is 0. The summed E-state index contributed by atoms with van der Waals surface area (Å²) in [4.78, 5) is 22.8. The first-order valence-corrected chi connectivity index (χ1v) is 3.19. The second-order valence-electron chi connectivity index (χ2n) is 2.18. The Morgan fingerprint density at radius 3 is 2.18 bits per heavy atom. The number of hydrogen-bond donors (Lipinski definition) is 1. The summed E-state index contributed by atoms with van der Waals surface area (Å²) in [5, 5.41) is 2.36. The van der Waals surface area contributed by atoms with Crippen LogP contribution < -0.4 is 5.32 Å². The molecule has 4 heteroatoms. The molecular formula is C7H12N2O2. The minimum absolute atomic E-state index is 0.200. The molecule has 11 heavy (non-hydrogen) atoms. The summed E-state index contributed by atoms with van der Waals surface area (Å²) in [7, 11) is 4.75. The molecular weight excluding hydrogens is 144 g/mol. The molecule has 0 aliphatic heterocycles. The van der Waals surface area contributed by atoms with Crippen LogP contribution in [0.3, 0.4) is 0 Å². The highest BCUT2D eigenvalue weighted by Crippen LogP contribution is 1.80. The molecule has 0 saturated carbocycles. The maximum absolute atomic E-state index is 10.8. The van der Waals surface area contributed by atoms with Gasteiger partial charge in [-0.15, -0.1) is 0 Å². The Morgan fingerprint density at radius 1 is 1.27 bits per heavy atom. The molecule has 0 unspecified atom stereocenters. The van der Waals surface area contributed by atoms with E-state index in [-0.39, 0.29) is 11.8 Å². The van der Waals surface area contributed by atoms with Gasteiger partial charge in [0.05, 0.1) is 0 Å². The average Bonchev–Trinajstić information content (AvgIpc) is 1.99. The SMILES string of the molecule is CNC(=O)C=CC(=O)N(C)C. The highest BCUT2D eigenvalue weighted by molar-refractivity contribution is 5.96. The van der Waals surface area contributed by atoms with E-state index < -0.39 is 0 Å². The number of carbonyl (C=O) groups excluding carboxylic acids is 2. The molecule has 0 rings (SSSR count). The van der Waals surface area contributed by atoms with Crippen LogP contribution in [0.5, 0.6) is 0 Å². The van der Waals surface area contributed by atoms with Crippen LogP contribution in [0.25, 0.3) is 0 Å². The van der Waals surface area contributed by atoms with Crippen molar-refractivity contribution in [2.75, 3.05) is 21.1 Å². The second kappa shape index (κ2) is 4.49. The van der Waals surface area contributed by atoms with Crippen LogP contribution in [0.1, 0.15) is 0 Å². The predicted molar refractivity (Wildman–Crippen MR) is 41.9 cm³/mol. The Bertz CT molecular complexity index is 185. The smallest absolute Gasteiger partial charge is 0.246 e. The van der Waals surface area contributed by atoms with Gasteiger partial charge in [-0.3, -0.25) is 9.59 Å². The quantitative estimate of drug-likeness (QED) is 0.541. The molecule has 0 aromatic carbocycles. The Balaban J connectivity index is 3.93. The van der Waals surface area contributed by atoms with E-state index >= 15 is 0 Å². The van der Waals surface area contributed by atoms with Crippen molar-refractivity contribution < 1.29 is 9.59 Å². The maximum Gasteiger partial charge on any atom is 0.246 e. The van der Waals surface area contributed by atoms with E-state index in [2.05, 4.69) is 5.32 Å². The summed E-state index contributed by atoms with van der Waals surface area (Å²) in [5.74, 6) is -0.478. The van der Waals surface area contributed by atoms with Crippen molar-refractivity contribution in [3.05, 3.63) is 12.2 Å². The van der Waals surface area contributed by atoms with Gasteiger partial charge in [0, 0.05) is 33.3 Å². The standard InChI is InChI=1S/C7H12N2O2/c1-8-6(10)4-5-7(11)9(2)3/h4-5H,1-3H3,(H,8,10). The molecule has 0 saturated heterocycles. The van der Waals surface area contributed by atoms with Gasteiger partial charge in [0.15, 0.2) is 0 Å². The van der Waals surface area contributed by atoms with Crippen molar-refractivity contribution >= 4 is 11.8 Å². The number of nitrogens with zero attached hydrogens (tertiary/aromatic N) is 1. The second-order valence-corrected chi connectivity index (χ2v) is 2.18. The van der Waals surface area contributed by atoms with E-state index in [4.69, 9.17) is 0 Å². The fraction of sp³-hybridized carbons (Fsp3) is 0.429. The average molecular weight is 156 g/mol. The van der Waals surface area contributed by atoms with Gasteiger partial charge in [0.25, 0.3) is 0 Å². The first kappa shape index (κ1) is 9.68. The molecule has 0 aromatic rings. The zero-order chi connectivity index (χ0) is 8.85. The molecule has 0 aliphatic carbocycles. The summed E-state index contributed by atoms with van der Waals surface area (Å²) in [5.41, 5.74) is 0. The molecule has 0 aromatic heterocycles. The van der Waals surface area contributed by atoms with Gasteiger partial charge in [-0.1, -0.05) is 0 Å². The number of carbonyl (C=O) groups is 2. The van der Waals surface area contributed by atoms with E-state index in [9.17, 15) is 9.59 Å². The van der Waals surface area contributed by atoms with Crippen LogP contribution in [0.2, 0.25) is 0 Å². The molecule has 0 spiro atoms. The van der Waals surface area contributed by atoms with Crippen LogP contribution in [0, 0.1) is 0 Å². The first-order chi connectivity index (χ1) is 5.07. The highest BCUT2D eigenvalue weighted by Gasteiger charge is 1.97. The largest absolute Gasteiger partial charge is 0.356 e. The zero-order valence-electron chi connectivity index (χ0n) is 6.92. The molecule has 2 amide bonds.